The summed E-state index contributed by atoms with van der Waals surface area (Å²) in [6, 6.07) is 2.57. The second-order valence-corrected chi connectivity index (χ2v) is 5.90. The minimum atomic E-state index is -4.43. The van der Waals surface area contributed by atoms with Crippen LogP contribution in [0.1, 0.15) is 36.0 Å². The molecule has 130 valence electrons. The van der Waals surface area contributed by atoms with Gasteiger partial charge in [0.2, 0.25) is 5.91 Å². The van der Waals surface area contributed by atoms with Crippen molar-refractivity contribution in [2.24, 2.45) is 0 Å². The second kappa shape index (κ2) is 6.29. The van der Waals surface area contributed by atoms with E-state index in [1.165, 1.54) is 10.9 Å². The summed E-state index contributed by atoms with van der Waals surface area (Å²) in [4.78, 5) is 13.9. The minimum absolute atomic E-state index is 0.0572. The Morgan fingerprint density at radius 2 is 2.08 bits per heavy atom. The van der Waals surface area contributed by atoms with E-state index in [9.17, 15) is 18.0 Å². The van der Waals surface area contributed by atoms with Crippen LogP contribution in [0.3, 0.4) is 0 Å². The highest BCUT2D eigenvalue weighted by molar-refractivity contribution is 5.78. The number of halogens is 3. The molecule has 0 aliphatic carbocycles. The van der Waals surface area contributed by atoms with E-state index in [0.717, 1.165) is 6.07 Å². The number of aromatic nitrogens is 3. The molecule has 1 aliphatic heterocycles. The molecule has 3 heterocycles. The van der Waals surface area contributed by atoms with Crippen LogP contribution in [-0.4, -0.2) is 38.8 Å². The molecule has 6 nitrogen and oxygen atoms in total. The highest BCUT2D eigenvalue weighted by atomic mass is 19.4. The molecule has 0 radical (unpaired) electrons. The monoisotopic (exact) mass is 342 g/mol. The molecule has 3 rings (SSSR count). The third-order valence-corrected chi connectivity index (χ3v) is 4.10. The number of carbonyl (C=O) groups is 1. The number of nitrogens with zero attached hydrogens (tertiary/aromatic N) is 4. The highest BCUT2D eigenvalue weighted by Crippen LogP contribution is 2.29. The summed E-state index contributed by atoms with van der Waals surface area (Å²) >= 11 is 0. The summed E-state index contributed by atoms with van der Waals surface area (Å²) in [5.41, 5.74) is -0.302. The lowest BCUT2D eigenvalue weighted by Gasteiger charge is -2.32. The van der Waals surface area contributed by atoms with Crippen molar-refractivity contribution in [1.29, 1.82) is 0 Å². The third kappa shape index (κ3) is 3.60. The van der Waals surface area contributed by atoms with Crippen LogP contribution in [0.5, 0.6) is 0 Å². The Labute approximate surface area is 136 Å². The van der Waals surface area contributed by atoms with E-state index in [-0.39, 0.29) is 18.4 Å². The largest absolute Gasteiger partial charge is 0.435 e. The summed E-state index contributed by atoms with van der Waals surface area (Å²) in [7, 11) is 0. The molecule has 0 aromatic carbocycles. The number of hydrogen-bond donors (Lipinski definition) is 0. The Hall–Kier alpha value is -2.32. The van der Waals surface area contributed by atoms with Gasteiger partial charge in [0.05, 0.1) is 18.2 Å². The molecule has 0 bridgehead atoms. The number of rotatable bonds is 3. The maximum absolute atomic E-state index is 12.6. The van der Waals surface area contributed by atoms with Crippen molar-refractivity contribution in [3.63, 3.8) is 0 Å². The molecule has 2 aromatic heterocycles. The van der Waals surface area contributed by atoms with Crippen molar-refractivity contribution in [3.05, 3.63) is 35.5 Å². The van der Waals surface area contributed by atoms with Crippen molar-refractivity contribution < 1.29 is 22.5 Å². The minimum Gasteiger partial charge on any atom is -0.361 e. The van der Waals surface area contributed by atoms with Gasteiger partial charge < -0.3 is 9.42 Å². The first-order chi connectivity index (χ1) is 11.3. The molecule has 1 amide bonds. The van der Waals surface area contributed by atoms with Gasteiger partial charge in [-0.05, 0) is 25.8 Å². The smallest absolute Gasteiger partial charge is 0.361 e. The van der Waals surface area contributed by atoms with Crippen molar-refractivity contribution in [1.82, 2.24) is 19.8 Å². The van der Waals surface area contributed by atoms with Gasteiger partial charge in [-0.25, -0.2) is 0 Å². The summed E-state index contributed by atoms with van der Waals surface area (Å²) in [5, 5.41) is 7.41. The predicted molar refractivity (Wildman–Crippen MR) is 77.0 cm³/mol. The molecule has 0 spiro atoms. The van der Waals surface area contributed by atoms with Crippen LogP contribution in [0, 0.1) is 6.92 Å². The van der Waals surface area contributed by atoms with Crippen molar-refractivity contribution in [2.75, 3.05) is 13.1 Å². The number of hydrogen-bond acceptors (Lipinski definition) is 4. The zero-order valence-electron chi connectivity index (χ0n) is 13.1. The van der Waals surface area contributed by atoms with Crippen LogP contribution in [0.15, 0.2) is 22.9 Å². The van der Waals surface area contributed by atoms with E-state index in [4.69, 9.17) is 4.52 Å². The fourth-order valence-corrected chi connectivity index (χ4v) is 2.84. The molecule has 9 heteroatoms. The first-order valence-electron chi connectivity index (χ1n) is 7.65. The Morgan fingerprint density at radius 1 is 1.38 bits per heavy atom. The zero-order chi connectivity index (χ0) is 17.3. The molecule has 24 heavy (non-hydrogen) atoms. The van der Waals surface area contributed by atoms with Crippen LogP contribution >= 0.6 is 0 Å². The van der Waals surface area contributed by atoms with Gasteiger partial charge in [-0.15, -0.1) is 0 Å². The topological polar surface area (TPSA) is 64.2 Å². The summed E-state index contributed by atoms with van der Waals surface area (Å²) in [6.45, 7) is 2.73. The molecule has 0 N–H and O–H groups in total. The normalized spacial score (nSPS) is 16.6. The Kier molecular flexibility index (Phi) is 4.33. The predicted octanol–water partition coefficient (Wildman–Crippen LogP) is 2.60. The number of carbonyl (C=O) groups excluding carboxylic acids is 1. The lowest BCUT2D eigenvalue weighted by Crippen LogP contribution is -2.40. The van der Waals surface area contributed by atoms with Gasteiger partial charge in [0.25, 0.3) is 0 Å². The van der Waals surface area contributed by atoms with Crippen LogP contribution in [0.2, 0.25) is 0 Å². The average molecular weight is 342 g/mol. The van der Waals surface area contributed by atoms with Crippen LogP contribution < -0.4 is 0 Å². The Morgan fingerprint density at radius 3 is 2.62 bits per heavy atom. The first kappa shape index (κ1) is 16.5. The highest BCUT2D eigenvalue weighted by Gasteiger charge is 2.34. The van der Waals surface area contributed by atoms with E-state index in [2.05, 4.69) is 10.3 Å². The molecular formula is C15H17F3N4O2. The van der Waals surface area contributed by atoms with Gasteiger partial charge in [-0.2, -0.15) is 18.3 Å². The molecule has 0 unspecified atom stereocenters. The zero-order valence-corrected chi connectivity index (χ0v) is 13.1. The van der Waals surface area contributed by atoms with E-state index in [0.29, 0.717) is 37.4 Å². The van der Waals surface area contributed by atoms with Gasteiger partial charge in [0.15, 0.2) is 5.69 Å². The van der Waals surface area contributed by atoms with E-state index < -0.39 is 11.9 Å². The van der Waals surface area contributed by atoms with E-state index in [1.54, 1.807) is 17.9 Å². The van der Waals surface area contributed by atoms with Crippen LogP contribution in [0.25, 0.3) is 0 Å². The van der Waals surface area contributed by atoms with Gasteiger partial charge in [-0.1, -0.05) is 5.16 Å². The van der Waals surface area contributed by atoms with Gasteiger partial charge in [0.1, 0.15) is 5.76 Å². The molecule has 1 fully saturated rings. The Balaban J connectivity index is 1.55. The van der Waals surface area contributed by atoms with Gasteiger partial charge in [0, 0.05) is 25.4 Å². The molecule has 1 aliphatic rings. The number of likely N-dealkylation sites (tertiary alicyclic amines) is 1. The van der Waals surface area contributed by atoms with Crippen molar-refractivity contribution in [3.8, 4) is 0 Å². The maximum atomic E-state index is 12.6. The molecule has 0 saturated carbocycles. The second-order valence-electron chi connectivity index (χ2n) is 5.90. The fraction of sp³-hybridized carbons (Fsp3) is 0.533. The molecular weight excluding hydrogens is 325 g/mol. The fourth-order valence-electron chi connectivity index (χ4n) is 2.84. The summed E-state index contributed by atoms with van der Waals surface area (Å²) < 4.78 is 44.1. The number of alkyl halides is 3. The lowest BCUT2D eigenvalue weighted by molar-refractivity contribution is -0.141. The number of aryl methyl sites for hydroxylation is 1. The van der Waals surface area contributed by atoms with Gasteiger partial charge >= 0.3 is 6.18 Å². The standard InChI is InChI=1S/C15H17F3N4O2/c1-10-8-11(20-24-10)9-14(23)21-5-2-12(3-6-21)22-7-4-13(19-22)15(16,17)18/h4,7-8,12H,2-3,5-6,9H2,1H3. The molecule has 1 saturated heterocycles. The van der Waals surface area contributed by atoms with Crippen LogP contribution in [-0.2, 0) is 17.4 Å². The Bertz CT molecular complexity index is 714. The number of piperidine rings is 1. The van der Waals surface area contributed by atoms with E-state index >= 15 is 0 Å². The van der Waals surface area contributed by atoms with Gasteiger partial charge in [-0.3, -0.25) is 9.48 Å². The first-order valence-corrected chi connectivity index (χ1v) is 7.65. The maximum Gasteiger partial charge on any atom is 0.435 e. The van der Waals surface area contributed by atoms with Crippen molar-refractivity contribution >= 4 is 5.91 Å². The molecule has 0 atom stereocenters. The summed E-state index contributed by atoms with van der Waals surface area (Å²) in [6.07, 6.45) is -1.77. The van der Waals surface area contributed by atoms with E-state index in [1.807, 2.05) is 0 Å². The average Bonchev–Trinajstić information content (AvgIpc) is 3.16. The SMILES string of the molecule is Cc1cc(CC(=O)N2CCC(n3ccc(C(F)(F)F)n3)CC2)no1. The summed E-state index contributed by atoms with van der Waals surface area (Å²) in [5.74, 6) is 0.592. The third-order valence-electron chi connectivity index (χ3n) is 4.10. The van der Waals surface area contributed by atoms with Crippen LogP contribution in [0.4, 0.5) is 13.2 Å². The lowest BCUT2D eigenvalue weighted by atomic mass is 10.0. The number of amides is 1. The quantitative estimate of drug-likeness (QED) is 0.860. The molecule has 2 aromatic rings. The van der Waals surface area contributed by atoms with Crippen molar-refractivity contribution in [2.45, 2.75) is 38.4 Å².